The maximum atomic E-state index is 13.7. The van der Waals surface area contributed by atoms with Crippen LogP contribution in [-0.4, -0.2) is 6.54 Å². The number of hydrogen-bond donors (Lipinski definition) is 1. The lowest BCUT2D eigenvalue weighted by molar-refractivity contribution is 0.490. The van der Waals surface area contributed by atoms with E-state index in [0.717, 1.165) is 18.7 Å². The van der Waals surface area contributed by atoms with Crippen LogP contribution in [0.5, 0.6) is 0 Å². The highest BCUT2D eigenvalue weighted by Gasteiger charge is 2.09. The molecule has 0 bridgehead atoms. The van der Waals surface area contributed by atoms with Crippen molar-refractivity contribution in [2.45, 2.75) is 38.6 Å². The third kappa shape index (κ3) is 3.86. The third-order valence-corrected chi connectivity index (χ3v) is 4.11. The zero-order chi connectivity index (χ0) is 15.2. The second-order valence-corrected chi connectivity index (χ2v) is 5.78. The zero-order valence-electron chi connectivity index (χ0n) is 12.8. The molecule has 3 rings (SSSR count). The van der Waals surface area contributed by atoms with Crippen molar-refractivity contribution in [3.8, 4) is 11.3 Å². The normalized spacial score (nSPS) is 14.9. The fourth-order valence-corrected chi connectivity index (χ4v) is 2.87. The van der Waals surface area contributed by atoms with Crippen molar-refractivity contribution in [3.63, 3.8) is 0 Å². The van der Waals surface area contributed by atoms with Crippen LogP contribution in [0.1, 0.15) is 37.9 Å². The van der Waals surface area contributed by atoms with Gasteiger partial charge >= 0.3 is 0 Å². The van der Waals surface area contributed by atoms with Gasteiger partial charge < -0.3 is 9.73 Å². The lowest BCUT2D eigenvalue weighted by Crippen LogP contribution is -2.15. The first kappa shape index (κ1) is 15.0. The first-order chi connectivity index (χ1) is 10.8. The Morgan fingerprint density at radius 2 is 2.00 bits per heavy atom. The van der Waals surface area contributed by atoms with E-state index in [1.54, 1.807) is 17.7 Å². The van der Waals surface area contributed by atoms with Crippen LogP contribution in [-0.2, 0) is 6.54 Å². The second-order valence-electron chi connectivity index (χ2n) is 5.78. The Morgan fingerprint density at radius 1 is 1.09 bits per heavy atom. The summed E-state index contributed by atoms with van der Waals surface area (Å²) in [5.74, 6) is 1.18. The van der Waals surface area contributed by atoms with Crippen LogP contribution in [0.15, 0.2) is 52.5 Å². The molecule has 0 spiro atoms. The van der Waals surface area contributed by atoms with E-state index < -0.39 is 0 Å². The van der Waals surface area contributed by atoms with E-state index in [1.165, 1.54) is 31.7 Å². The van der Waals surface area contributed by atoms with Gasteiger partial charge in [0.1, 0.15) is 17.3 Å². The minimum Gasteiger partial charge on any atom is -0.460 e. The van der Waals surface area contributed by atoms with Crippen LogP contribution in [0, 0.1) is 5.82 Å². The Kier molecular flexibility index (Phi) is 5.07. The van der Waals surface area contributed by atoms with E-state index in [2.05, 4.69) is 11.4 Å². The molecule has 0 radical (unpaired) electrons. The molecule has 0 amide bonds. The molecule has 1 aromatic carbocycles. The number of hydrogen-bond acceptors (Lipinski definition) is 2. The molecule has 0 aliphatic heterocycles. The van der Waals surface area contributed by atoms with Gasteiger partial charge in [0.15, 0.2) is 0 Å². The van der Waals surface area contributed by atoms with Crippen molar-refractivity contribution >= 4 is 0 Å². The minimum absolute atomic E-state index is 0.249. The summed E-state index contributed by atoms with van der Waals surface area (Å²) in [6.45, 7) is 1.64. The largest absolute Gasteiger partial charge is 0.460 e. The average molecular weight is 299 g/mol. The fraction of sp³-hybridized carbons (Fsp3) is 0.368. The first-order valence-electron chi connectivity index (χ1n) is 8.05. The van der Waals surface area contributed by atoms with Gasteiger partial charge in [0.05, 0.1) is 12.1 Å². The number of rotatable bonds is 6. The summed E-state index contributed by atoms with van der Waals surface area (Å²) in [4.78, 5) is 0. The predicted octanol–water partition coefficient (Wildman–Crippen LogP) is 5.07. The molecule has 0 unspecified atom stereocenters. The summed E-state index contributed by atoms with van der Waals surface area (Å²) in [6, 6.07) is 10.4. The van der Waals surface area contributed by atoms with Gasteiger partial charge in [-0.2, -0.15) is 0 Å². The van der Waals surface area contributed by atoms with Gasteiger partial charge in [0.25, 0.3) is 0 Å². The van der Waals surface area contributed by atoms with Crippen LogP contribution in [0.4, 0.5) is 4.39 Å². The van der Waals surface area contributed by atoms with Gasteiger partial charge in [0.2, 0.25) is 0 Å². The molecule has 1 aliphatic carbocycles. The molecule has 0 atom stereocenters. The van der Waals surface area contributed by atoms with Crippen molar-refractivity contribution in [1.29, 1.82) is 0 Å². The summed E-state index contributed by atoms with van der Waals surface area (Å²) in [6.07, 6.45) is 8.65. The monoisotopic (exact) mass is 299 g/mol. The highest BCUT2D eigenvalue weighted by atomic mass is 19.1. The van der Waals surface area contributed by atoms with E-state index in [9.17, 15) is 4.39 Å². The van der Waals surface area contributed by atoms with Crippen LogP contribution in [0.3, 0.4) is 0 Å². The van der Waals surface area contributed by atoms with Crippen molar-refractivity contribution in [1.82, 2.24) is 5.32 Å². The van der Waals surface area contributed by atoms with Gasteiger partial charge in [-0.3, -0.25) is 0 Å². The van der Waals surface area contributed by atoms with Gasteiger partial charge in [-0.25, -0.2) is 4.39 Å². The van der Waals surface area contributed by atoms with Gasteiger partial charge in [0, 0.05) is 0 Å². The lowest BCUT2D eigenvalue weighted by atomic mass is 9.97. The van der Waals surface area contributed by atoms with Crippen LogP contribution in [0.25, 0.3) is 11.3 Å². The second kappa shape index (κ2) is 7.41. The van der Waals surface area contributed by atoms with Gasteiger partial charge in [-0.15, -0.1) is 0 Å². The number of halogens is 1. The molecule has 1 aliphatic rings. The molecular formula is C19H22FNO. The summed E-state index contributed by atoms with van der Waals surface area (Å²) >= 11 is 0. The molecule has 1 aromatic heterocycles. The van der Waals surface area contributed by atoms with Gasteiger partial charge in [-0.1, -0.05) is 23.8 Å². The highest BCUT2D eigenvalue weighted by Crippen LogP contribution is 2.24. The van der Waals surface area contributed by atoms with Crippen molar-refractivity contribution in [2.24, 2.45) is 0 Å². The molecule has 2 nitrogen and oxygen atoms in total. The lowest BCUT2D eigenvalue weighted by Gasteiger charge is -2.12. The molecular weight excluding hydrogens is 277 g/mol. The van der Waals surface area contributed by atoms with E-state index >= 15 is 0 Å². The van der Waals surface area contributed by atoms with Crippen molar-refractivity contribution < 1.29 is 8.81 Å². The zero-order valence-corrected chi connectivity index (χ0v) is 12.8. The Bertz CT molecular complexity index is 644. The minimum atomic E-state index is -0.249. The Balaban J connectivity index is 1.50. The van der Waals surface area contributed by atoms with Crippen molar-refractivity contribution in [2.75, 3.05) is 6.54 Å². The number of allylic oxidation sites excluding steroid dienone is 1. The summed E-state index contributed by atoms with van der Waals surface area (Å²) in [5, 5.41) is 3.40. The number of furan rings is 1. The first-order valence-corrected chi connectivity index (χ1v) is 8.05. The van der Waals surface area contributed by atoms with E-state index in [1.807, 2.05) is 18.2 Å². The standard InChI is InChI=1S/C19H22FNO/c20-18-9-5-4-8-17(18)19-11-10-16(22-19)14-21-13-12-15-6-2-1-3-7-15/h4-6,8-11,21H,1-3,7,12-14H2. The molecule has 116 valence electrons. The highest BCUT2D eigenvalue weighted by molar-refractivity contribution is 5.58. The smallest absolute Gasteiger partial charge is 0.137 e. The molecule has 1 heterocycles. The maximum absolute atomic E-state index is 13.7. The van der Waals surface area contributed by atoms with E-state index in [-0.39, 0.29) is 5.82 Å². The molecule has 1 N–H and O–H groups in total. The topological polar surface area (TPSA) is 25.2 Å². The van der Waals surface area contributed by atoms with Crippen LogP contribution >= 0.6 is 0 Å². The van der Waals surface area contributed by atoms with Crippen LogP contribution < -0.4 is 5.32 Å². The Hall–Kier alpha value is -1.87. The summed E-state index contributed by atoms with van der Waals surface area (Å²) in [7, 11) is 0. The summed E-state index contributed by atoms with van der Waals surface area (Å²) < 4.78 is 19.4. The molecule has 3 heteroatoms. The Morgan fingerprint density at radius 3 is 2.82 bits per heavy atom. The molecule has 22 heavy (non-hydrogen) atoms. The molecule has 0 saturated carbocycles. The average Bonchev–Trinajstić information content (AvgIpc) is 3.02. The summed E-state index contributed by atoms with van der Waals surface area (Å²) in [5.41, 5.74) is 2.09. The maximum Gasteiger partial charge on any atom is 0.137 e. The predicted molar refractivity (Wildman–Crippen MR) is 87.0 cm³/mol. The SMILES string of the molecule is Fc1ccccc1-c1ccc(CNCCC2=CCCCC2)o1. The number of nitrogens with one attached hydrogen (secondary N) is 1. The molecule has 0 fully saturated rings. The molecule has 2 aromatic rings. The van der Waals surface area contributed by atoms with Crippen LogP contribution in [0.2, 0.25) is 0 Å². The third-order valence-electron chi connectivity index (χ3n) is 4.11. The quantitative estimate of drug-likeness (QED) is 0.595. The number of benzene rings is 1. The van der Waals surface area contributed by atoms with Crippen molar-refractivity contribution in [3.05, 3.63) is 59.6 Å². The van der Waals surface area contributed by atoms with E-state index in [0.29, 0.717) is 17.9 Å². The fourth-order valence-electron chi connectivity index (χ4n) is 2.87. The van der Waals surface area contributed by atoms with Gasteiger partial charge in [-0.05, 0) is 62.9 Å². The van der Waals surface area contributed by atoms with E-state index in [4.69, 9.17) is 4.42 Å². The Labute approximate surface area is 131 Å². The molecule has 0 saturated heterocycles.